The van der Waals surface area contributed by atoms with E-state index in [0.717, 1.165) is 39.0 Å². The van der Waals surface area contributed by atoms with Crippen molar-refractivity contribution < 1.29 is 19.2 Å². The molecule has 1 aromatic heterocycles. The molecule has 28 heavy (non-hydrogen) atoms. The first kappa shape index (κ1) is 18.7. The highest BCUT2D eigenvalue weighted by atomic mass is 32.1. The minimum atomic E-state index is 0.0590. The van der Waals surface area contributed by atoms with Crippen LogP contribution in [0.2, 0.25) is 0 Å². The number of thiazole rings is 1. The summed E-state index contributed by atoms with van der Waals surface area (Å²) in [5.74, 6) is 1.52. The number of hydrogen-bond acceptors (Lipinski definition) is 5. The number of aromatic nitrogens is 1. The third-order valence-electron chi connectivity index (χ3n) is 4.61. The summed E-state index contributed by atoms with van der Waals surface area (Å²) in [6, 6.07) is 13.7. The second kappa shape index (κ2) is 8.16. The Labute approximate surface area is 168 Å². The van der Waals surface area contributed by atoms with Crippen molar-refractivity contribution in [1.29, 1.82) is 0 Å². The highest BCUT2D eigenvalue weighted by molar-refractivity contribution is 7.22. The molecule has 146 valence electrons. The van der Waals surface area contributed by atoms with Gasteiger partial charge in [-0.2, -0.15) is 0 Å². The van der Waals surface area contributed by atoms with Crippen molar-refractivity contribution in [2.45, 2.75) is 6.42 Å². The number of benzene rings is 2. The number of anilines is 1. The van der Waals surface area contributed by atoms with E-state index in [1.807, 2.05) is 47.4 Å². The lowest BCUT2D eigenvalue weighted by molar-refractivity contribution is -0.856. The van der Waals surface area contributed by atoms with Gasteiger partial charge in [-0.15, -0.1) is 0 Å². The number of nitrogens with zero attached hydrogens (tertiary/aromatic N) is 2. The molecule has 2 heterocycles. The molecule has 1 aliphatic heterocycles. The molecule has 0 atom stereocenters. The average Bonchev–Trinajstić information content (AvgIpc) is 3.09. The molecule has 0 bridgehead atoms. The summed E-state index contributed by atoms with van der Waals surface area (Å²) in [5, 5.41) is 0.722. The maximum absolute atomic E-state index is 13.1. The number of quaternary nitrogens is 1. The Morgan fingerprint density at radius 1 is 1.14 bits per heavy atom. The molecule has 3 aromatic rings. The van der Waals surface area contributed by atoms with E-state index >= 15 is 0 Å². The number of nitrogens with one attached hydrogen (secondary N) is 1. The first-order valence-corrected chi connectivity index (χ1v) is 10.3. The van der Waals surface area contributed by atoms with Crippen molar-refractivity contribution in [1.82, 2.24) is 4.98 Å². The van der Waals surface area contributed by atoms with Gasteiger partial charge in [0, 0.05) is 12.1 Å². The van der Waals surface area contributed by atoms with Gasteiger partial charge in [-0.25, -0.2) is 4.98 Å². The van der Waals surface area contributed by atoms with Crippen molar-refractivity contribution >= 4 is 32.6 Å². The van der Waals surface area contributed by atoms with E-state index < -0.39 is 0 Å². The number of amides is 1. The van der Waals surface area contributed by atoms with Crippen molar-refractivity contribution in [3.8, 4) is 11.5 Å². The van der Waals surface area contributed by atoms with Crippen LogP contribution in [0, 0.1) is 0 Å². The summed E-state index contributed by atoms with van der Waals surface area (Å²) in [6.45, 7) is 2.57. The molecule has 2 aromatic carbocycles. The van der Waals surface area contributed by atoms with E-state index in [-0.39, 0.29) is 5.91 Å². The molecule has 0 radical (unpaired) electrons. The summed E-state index contributed by atoms with van der Waals surface area (Å²) < 4.78 is 12.3. The number of hydrogen-bond donors (Lipinski definition) is 1. The quantitative estimate of drug-likeness (QED) is 0.688. The van der Waals surface area contributed by atoms with Crippen molar-refractivity contribution in [3.63, 3.8) is 0 Å². The highest BCUT2D eigenvalue weighted by Gasteiger charge is 2.22. The predicted molar refractivity (Wildman–Crippen MR) is 111 cm³/mol. The van der Waals surface area contributed by atoms with Crippen LogP contribution in [-0.4, -0.2) is 51.3 Å². The molecule has 1 amide bonds. The zero-order valence-corrected chi connectivity index (χ0v) is 16.9. The van der Waals surface area contributed by atoms with Gasteiger partial charge in [-0.1, -0.05) is 41.7 Å². The minimum absolute atomic E-state index is 0.0590. The van der Waals surface area contributed by atoms with Gasteiger partial charge in [0.25, 0.3) is 0 Å². The normalized spacial score (nSPS) is 13.1. The summed E-state index contributed by atoms with van der Waals surface area (Å²) in [7, 11) is 4.17. The SMILES string of the molecule is C[NH+](C)CCN(C(=O)Cc1ccccc1)c1nc2cc3c(cc2s1)OCCO3. The molecule has 0 fully saturated rings. The zero-order valence-electron chi connectivity index (χ0n) is 16.1. The van der Waals surface area contributed by atoms with E-state index in [1.54, 1.807) is 0 Å². The lowest BCUT2D eigenvalue weighted by Gasteiger charge is -2.20. The van der Waals surface area contributed by atoms with E-state index in [4.69, 9.17) is 14.5 Å². The zero-order chi connectivity index (χ0) is 19.5. The number of carbonyl (C=O) groups is 1. The van der Waals surface area contributed by atoms with Crippen LogP contribution in [0.5, 0.6) is 11.5 Å². The summed E-state index contributed by atoms with van der Waals surface area (Å²) in [5.41, 5.74) is 1.84. The fourth-order valence-electron chi connectivity index (χ4n) is 3.10. The second-order valence-corrected chi connectivity index (χ2v) is 8.13. The Bertz CT molecular complexity index is 929. The van der Waals surface area contributed by atoms with Crippen LogP contribution in [0.25, 0.3) is 10.2 Å². The second-order valence-electron chi connectivity index (χ2n) is 7.12. The van der Waals surface area contributed by atoms with Gasteiger partial charge in [0.1, 0.15) is 13.2 Å². The molecular formula is C21H24N3O3S+. The molecule has 0 spiro atoms. The molecule has 4 rings (SSSR count). The molecule has 1 aliphatic rings. The topological polar surface area (TPSA) is 56.1 Å². The van der Waals surface area contributed by atoms with Crippen LogP contribution >= 0.6 is 11.3 Å². The van der Waals surface area contributed by atoms with Crippen LogP contribution in [0.1, 0.15) is 5.56 Å². The minimum Gasteiger partial charge on any atom is -0.486 e. The first-order chi connectivity index (χ1) is 13.6. The number of carbonyl (C=O) groups excluding carboxylic acids is 1. The van der Waals surface area contributed by atoms with Gasteiger partial charge >= 0.3 is 0 Å². The van der Waals surface area contributed by atoms with Crippen LogP contribution < -0.4 is 19.3 Å². The molecule has 1 N–H and O–H groups in total. The molecule has 7 heteroatoms. The molecule has 0 aliphatic carbocycles. The third-order valence-corrected chi connectivity index (χ3v) is 5.65. The lowest BCUT2D eigenvalue weighted by atomic mass is 10.1. The number of likely N-dealkylation sites (N-methyl/N-ethyl adjacent to an activating group) is 1. The van der Waals surface area contributed by atoms with Crippen LogP contribution in [-0.2, 0) is 11.2 Å². The monoisotopic (exact) mass is 398 g/mol. The van der Waals surface area contributed by atoms with Gasteiger partial charge in [-0.05, 0) is 5.56 Å². The maximum atomic E-state index is 13.1. The molecule has 0 saturated carbocycles. The Morgan fingerprint density at radius 3 is 2.57 bits per heavy atom. The number of rotatable bonds is 6. The fraction of sp³-hybridized carbons (Fsp3) is 0.333. The summed E-state index contributed by atoms with van der Waals surface area (Å²) in [4.78, 5) is 20.9. The van der Waals surface area contributed by atoms with Gasteiger partial charge in [0.2, 0.25) is 5.91 Å². The molecular weight excluding hydrogens is 374 g/mol. The van der Waals surface area contributed by atoms with Crippen LogP contribution in [0.4, 0.5) is 5.13 Å². The van der Waals surface area contributed by atoms with Crippen molar-refractivity contribution in [2.24, 2.45) is 0 Å². The third kappa shape index (κ3) is 4.10. The van der Waals surface area contributed by atoms with Crippen molar-refractivity contribution in [3.05, 3.63) is 48.0 Å². The van der Waals surface area contributed by atoms with Crippen LogP contribution in [0.3, 0.4) is 0 Å². The lowest BCUT2D eigenvalue weighted by Crippen LogP contribution is -3.06. The van der Waals surface area contributed by atoms with E-state index in [0.29, 0.717) is 26.2 Å². The Kier molecular flexibility index (Phi) is 5.45. The molecule has 6 nitrogen and oxygen atoms in total. The fourth-order valence-corrected chi connectivity index (χ4v) is 4.12. The van der Waals surface area contributed by atoms with Crippen molar-refractivity contribution in [2.75, 3.05) is 45.3 Å². The van der Waals surface area contributed by atoms with E-state index in [9.17, 15) is 4.79 Å². The highest BCUT2D eigenvalue weighted by Crippen LogP contribution is 2.38. The average molecular weight is 399 g/mol. The van der Waals surface area contributed by atoms with Gasteiger partial charge in [0.05, 0.1) is 43.8 Å². The number of ether oxygens (including phenoxy) is 2. The molecule has 0 saturated heterocycles. The summed E-state index contributed by atoms with van der Waals surface area (Å²) in [6.07, 6.45) is 0.363. The Morgan fingerprint density at radius 2 is 1.86 bits per heavy atom. The van der Waals surface area contributed by atoms with E-state index in [2.05, 4.69) is 14.1 Å². The van der Waals surface area contributed by atoms with Gasteiger partial charge in [-0.3, -0.25) is 9.69 Å². The maximum Gasteiger partial charge on any atom is 0.233 e. The number of fused-ring (bicyclic) bond motifs is 2. The predicted octanol–water partition coefficient (Wildman–Crippen LogP) is 1.79. The van der Waals surface area contributed by atoms with Crippen LogP contribution in [0.15, 0.2) is 42.5 Å². The Balaban J connectivity index is 1.64. The molecule has 0 unspecified atom stereocenters. The van der Waals surface area contributed by atoms with Gasteiger partial charge < -0.3 is 14.4 Å². The van der Waals surface area contributed by atoms with Gasteiger partial charge in [0.15, 0.2) is 16.6 Å². The standard InChI is InChI=1S/C21H23N3O3S/c1-23(2)8-9-24(20(25)12-15-6-4-3-5-7-15)21-22-16-13-17-18(14-19(16)28-21)27-11-10-26-17/h3-7,13-14H,8-12H2,1-2H3/p+1. The first-order valence-electron chi connectivity index (χ1n) is 9.43. The summed E-state index contributed by atoms with van der Waals surface area (Å²) >= 11 is 1.52. The van der Waals surface area contributed by atoms with E-state index in [1.165, 1.54) is 16.2 Å². The largest absolute Gasteiger partial charge is 0.486 e. The Hall–Kier alpha value is -2.64. The smallest absolute Gasteiger partial charge is 0.233 e.